The van der Waals surface area contributed by atoms with Crippen LogP contribution in [0.3, 0.4) is 0 Å². The van der Waals surface area contributed by atoms with Gasteiger partial charge in [-0.1, -0.05) is 11.6 Å². The number of rotatable bonds is 2. The third-order valence-corrected chi connectivity index (χ3v) is 5.28. The van der Waals surface area contributed by atoms with Crippen molar-refractivity contribution < 1.29 is 4.74 Å². The van der Waals surface area contributed by atoms with Crippen molar-refractivity contribution in [2.75, 3.05) is 6.61 Å². The molecule has 4 rings (SSSR count). The fourth-order valence-corrected chi connectivity index (χ4v) is 3.94. The van der Waals surface area contributed by atoms with E-state index in [0.717, 1.165) is 46.1 Å². The predicted octanol–water partition coefficient (Wildman–Crippen LogP) is 4.72. The second kappa shape index (κ2) is 7.38. The van der Waals surface area contributed by atoms with Gasteiger partial charge in [-0.15, -0.1) is 0 Å². The van der Waals surface area contributed by atoms with Crippen LogP contribution in [-0.2, 0) is 17.7 Å². The van der Waals surface area contributed by atoms with E-state index in [9.17, 15) is 5.26 Å². The SMILES string of the molecule is Cc1cc(-c2nc(-c3ccc(Cl)c(C#N)c3)n3c2CCO[C@H](C)C3)cc(C)n1. The molecule has 6 heteroatoms. The van der Waals surface area contributed by atoms with Crippen LogP contribution >= 0.6 is 11.6 Å². The van der Waals surface area contributed by atoms with Gasteiger partial charge < -0.3 is 9.30 Å². The fourth-order valence-electron chi connectivity index (χ4n) is 3.78. The molecule has 0 radical (unpaired) electrons. The molecule has 1 aromatic carbocycles. The topological polar surface area (TPSA) is 63.7 Å². The quantitative estimate of drug-likeness (QED) is 0.633. The molecule has 1 aliphatic heterocycles. The highest BCUT2D eigenvalue weighted by atomic mass is 35.5. The predicted molar refractivity (Wildman–Crippen MR) is 109 cm³/mol. The van der Waals surface area contributed by atoms with Crippen molar-refractivity contribution in [2.24, 2.45) is 0 Å². The van der Waals surface area contributed by atoms with Crippen molar-refractivity contribution in [2.45, 2.75) is 39.8 Å². The molecule has 3 heterocycles. The van der Waals surface area contributed by atoms with Crippen LogP contribution in [0.1, 0.15) is 29.6 Å². The highest BCUT2D eigenvalue weighted by molar-refractivity contribution is 6.31. The van der Waals surface area contributed by atoms with E-state index < -0.39 is 0 Å². The minimum absolute atomic E-state index is 0.0886. The van der Waals surface area contributed by atoms with Crippen LogP contribution in [0.5, 0.6) is 0 Å². The summed E-state index contributed by atoms with van der Waals surface area (Å²) in [6.07, 6.45) is 0.872. The van der Waals surface area contributed by atoms with Crippen molar-refractivity contribution in [3.05, 3.63) is 58.0 Å². The molecule has 0 fully saturated rings. The highest BCUT2D eigenvalue weighted by Gasteiger charge is 2.24. The Bertz CT molecular complexity index is 1080. The van der Waals surface area contributed by atoms with Crippen molar-refractivity contribution >= 4 is 11.6 Å². The number of fused-ring (bicyclic) bond motifs is 1. The lowest BCUT2D eigenvalue weighted by Gasteiger charge is -2.13. The molecular formula is C22H21ClN4O. The van der Waals surface area contributed by atoms with Crippen LogP contribution in [0.2, 0.25) is 5.02 Å². The van der Waals surface area contributed by atoms with Crippen molar-refractivity contribution in [1.82, 2.24) is 14.5 Å². The molecule has 5 nitrogen and oxygen atoms in total. The molecule has 0 spiro atoms. The number of nitriles is 1. The second-order valence-electron chi connectivity index (χ2n) is 7.22. The van der Waals surface area contributed by atoms with E-state index in [1.54, 1.807) is 12.1 Å². The van der Waals surface area contributed by atoms with E-state index in [2.05, 4.69) is 34.7 Å². The average molecular weight is 393 g/mol. The molecule has 0 amide bonds. The maximum atomic E-state index is 9.37. The Hall–Kier alpha value is -2.68. The van der Waals surface area contributed by atoms with Crippen molar-refractivity contribution in [1.29, 1.82) is 5.26 Å². The molecule has 3 aromatic rings. The number of imidazole rings is 1. The van der Waals surface area contributed by atoms with Crippen molar-refractivity contribution in [3.8, 4) is 28.7 Å². The molecule has 1 aliphatic rings. The number of benzene rings is 1. The number of ether oxygens (including phenoxy) is 1. The summed E-state index contributed by atoms with van der Waals surface area (Å²) in [5, 5.41) is 9.82. The minimum atomic E-state index is 0.0886. The van der Waals surface area contributed by atoms with Gasteiger partial charge in [0, 0.05) is 34.6 Å². The molecule has 0 N–H and O–H groups in total. The third kappa shape index (κ3) is 3.42. The molecule has 28 heavy (non-hydrogen) atoms. The summed E-state index contributed by atoms with van der Waals surface area (Å²) < 4.78 is 8.13. The number of aryl methyl sites for hydroxylation is 2. The lowest BCUT2D eigenvalue weighted by molar-refractivity contribution is 0.0666. The number of aromatic nitrogens is 3. The lowest BCUT2D eigenvalue weighted by atomic mass is 10.1. The van der Waals surface area contributed by atoms with E-state index in [1.807, 2.05) is 19.9 Å². The Kier molecular flexibility index (Phi) is 4.92. The summed E-state index contributed by atoms with van der Waals surface area (Å²) in [7, 11) is 0. The van der Waals surface area contributed by atoms with Gasteiger partial charge in [-0.05, 0) is 51.1 Å². The standard InChI is InChI=1S/C22H21ClN4O/c1-13-8-17(9-14(2)25-13)21-20-6-7-28-15(3)12-27(20)22(26-21)16-4-5-19(23)18(10-16)11-24/h4-5,8-10,15H,6-7,12H2,1-3H3/t15-/m1/s1. The molecular weight excluding hydrogens is 372 g/mol. The largest absolute Gasteiger partial charge is 0.376 e. The van der Waals surface area contributed by atoms with E-state index in [-0.39, 0.29) is 6.10 Å². The van der Waals surface area contributed by atoms with Gasteiger partial charge in [0.1, 0.15) is 11.9 Å². The molecule has 142 valence electrons. The van der Waals surface area contributed by atoms with E-state index in [4.69, 9.17) is 21.3 Å². The summed E-state index contributed by atoms with van der Waals surface area (Å²) in [5.74, 6) is 0.836. The Morgan fingerprint density at radius 2 is 1.89 bits per heavy atom. The van der Waals surface area contributed by atoms with Crippen LogP contribution in [-0.4, -0.2) is 27.2 Å². The number of nitrogens with zero attached hydrogens (tertiary/aromatic N) is 4. The van der Waals surface area contributed by atoms with Crippen LogP contribution in [0.25, 0.3) is 22.6 Å². The molecule has 2 aromatic heterocycles. The van der Waals surface area contributed by atoms with Crippen LogP contribution in [0.4, 0.5) is 0 Å². The summed E-state index contributed by atoms with van der Waals surface area (Å²) in [6.45, 7) is 7.44. The van der Waals surface area contributed by atoms with E-state index in [0.29, 0.717) is 23.7 Å². The van der Waals surface area contributed by atoms with Gasteiger partial charge in [-0.3, -0.25) is 4.98 Å². The molecule has 0 saturated heterocycles. The maximum Gasteiger partial charge on any atom is 0.141 e. The minimum Gasteiger partial charge on any atom is -0.376 e. The first-order valence-corrected chi connectivity index (χ1v) is 9.70. The Balaban J connectivity index is 1.95. The first-order chi connectivity index (χ1) is 13.5. The number of hydrogen-bond acceptors (Lipinski definition) is 4. The highest BCUT2D eigenvalue weighted by Crippen LogP contribution is 2.33. The Morgan fingerprint density at radius 3 is 2.61 bits per heavy atom. The van der Waals surface area contributed by atoms with Gasteiger partial charge in [0.05, 0.1) is 35.5 Å². The van der Waals surface area contributed by atoms with Crippen LogP contribution in [0.15, 0.2) is 30.3 Å². The first-order valence-electron chi connectivity index (χ1n) is 9.33. The zero-order valence-corrected chi connectivity index (χ0v) is 16.9. The number of pyridine rings is 1. The first kappa shape index (κ1) is 18.7. The number of halogens is 1. The van der Waals surface area contributed by atoms with Crippen molar-refractivity contribution in [3.63, 3.8) is 0 Å². The smallest absolute Gasteiger partial charge is 0.141 e. The van der Waals surface area contributed by atoms with Gasteiger partial charge in [0.15, 0.2) is 0 Å². The van der Waals surface area contributed by atoms with Gasteiger partial charge in [0.2, 0.25) is 0 Å². The van der Waals surface area contributed by atoms with E-state index >= 15 is 0 Å². The third-order valence-electron chi connectivity index (χ3n) is 4.95. The zero-order chi connectivity index (χ0) is 19.8. The van der Waals surface area contributed by atoms with E-state index in [1.165, 1.54) is 0 Å². The molecule has 0 saturated carbocycles. The monoisotopic (exact) mass is 392 g/mol. The average Bonchev–Trinajstić information content (AvgIpc) is 2.88. The molecule has 0 unspecified atom stereocenters. The normalized spacial score (nSPS) is 16.3. The van der Waals surface area contributed by atoms with Crippen LogP contribution in [0, 0.1) is 25.2 Å². The summed E-state index contributed by atoms with van der Waals surface area (Å²) in [5.41, 5.74) is 6.43. The second-order valence-corrected chi connectivity index (χ2v) is 7.62. The van der Waals surface area contributed by atoms with Crippen LogP contribution < -0.4 is 0 Å². The van der Waals surface area contributed by atoms with Gasteiger partial charge in [-0.25, -0.2) is 4.98 Å². The molecule has 0 bridgehead atoms. The van der Waals surface area contributed by atoms with Gasteiger partial charge in [-0.2, -0.15) is 5.26 Å². The zero-order valence-electron chi connectivity index (χ0n) is 16.2. The molecule has 1 atom stereocenters. The Labute approximate surface area is 169 Å². The number of hydrogen-bond donors (Lipinski definition) is 0. The Morgan fingerprint density at radius 1 is 1.14 bits per heavy atom. The summed E-state index contributed by atoms with van der Waals surface area (Å²) in [4.78, 5) is 9.51. The maximum absolute atomic E-state index is 9.37. The fraction of sp³-hybridized carbons (Fsp3) is 0.318. The summed E-state index contributed by atoms with van der Waals surface area (Å²) >= 11 is 6.14. The van der Waals surface area contributed by atoms with Gasteiger partial charge in [0.25, 0.3) is 0 Å². The summed E-state index contributed by atoms with van der Waals surface area (Å²) in [6, 6.07) is 11.8. The van der Waals surface area contributed by atoms with Gasteiger partial charge >= 0.3 is 0 Å². The molecule has 0 aliphatic carbocycles. The lowest BCUT2D eigenvalue weighted by Crippen LogP contribution is -2.15.